The molecule has 3 heterocycles. The second-order valence-electron chi connectivity index (χ2n) is 8.44. The lowest BCUT2D eigenvalue weighted by molar-refractivity contribution is -0.127. The van der Waals surface area contributed by atoms with Gasteiger partial charge in [0.15, 0.2) is 11.5 Å². The van der Waals surface area contributed by atoms with Crippen molar-refractivity contribution >= 4 is 17.6 Å². The molecule has 1 aromatic heterocycles. The van der Waals surface area contributed by atoms with Crippen LogP contribution in [0.5, 0.6) is 17.2 Å². The first-order valence-electron chi connectivity index (χ1n) is 11.3. The van der Waals surface area contributed by atoms with Crippen molar-refractivity contribution in [1.82, 2.24) is 14.7 Å². The number of carbonyl (C=O) groups excluding carboxylic acids is 2. The topological polar surface area (TPSA) is 121 Å². The average Bonchev–Trinajstić information content (AvgIpc) is 3.27. The van der Waals surface area contributed by atoms with Gasteiger partial charge < -0.3 is 30.2 Å². The normalized spacial score (nSPS) is 18.0. The zero-order valence-corrected chi connectivity index (χ0v) is 19.8. The number of hydrogen-bond donors (Lipinski definition) is 2. The van der Waals surface area contributed by atoms with Gasteiger partial charge in [-0.3, -0.25) is 9.59 Å². The fraction of sp³-hybridized carbons (Fsp3) is 0.458. The summed E-state index contributed by atoms with van der Waals surface area (Å²) in [7, 11) is 4.61. The van der Waals surface area contributed by atoms with E-state index in [4.69, 9.17) is 25.0 Å². The number of likely N-dealkylation sites (tertiary alicyclic amines) is 1. The van der Waals surface area contributed by atoms with Crippen LogP contribution in [0.25, 0.3) is 11.3 Å². The highest BCUT2D eigenvalue weighted by Crippen LogP contribution is 2.44. The molecule has 2 aromatic rings. The minimum absolute atomic E-state index is 0.0377. The van der Waals surface area contributed by atoms with Gasteiger partial charge in [0.05, 0.1) is 27.4 Å². The number of nitrogens with two attached hydrogens (primary N) is 1. The Labute approximate surface area is 198 Å². The minimum atomic E-state index is -0.565. The lowest BCUT2D eigenvalue weighted by atomic mass is 9.87. The molecule has 0 aliphatic carbocycles. The largest absolute Gasteiger partial charge is 0.493 e. The molecule has 0 radical (unpaired) electrons. The molecular formula is C24H31N5O5. The number of anilines is 1. The summed E-state index contributed by atoms with van der Waals surface area (Å²) in [6, 6.07) is 3.61. The van der Waals surface area contributed by atoms with E-state index in [-0.39, 0.29) is 11.9 Å². The van der Waals surface area contributed by atoms with E-state index in [9.17, 15) is 9.59 Å². The Hall–Kier alpha value is -3.69. The number of rotatable bonds is 7. The zero-order chi connectivity index (χ0) is 24.4. The maximum absolute atomic E-state index is 12.6. The van der Waals surface area contributed by atoms with Crippen LogP contribution in [0.15, 0.2) is 24.8 Å². The highest BCUT2D eigenvalue weighted by molar-refractivity contribution is 6.04. The number of aromatic nitrogens is 2. The van der Waals surface area contributed by atoms with Crippen molar-refractivity contribution in [3.8, 4) is 28.5 Å². The smallest absolute Gasteiger partial charge is 0.254 e. The Bertz CT molecular complexity index is 1080. The molecule has 34 heavy (non-hydrogen) atoms. The molecule has 2 amide bonds. The number of carbonyl (C=O) groups is 2. The summed E-state index contributed by atoms with van der Waals surface area (Å²) in [6.07, 6.45) is 3.94. The fourth-order valence-electron chi connectivity index (χ4n) is 5.03. The van der Waals surface area contributed by atoms with Crippen molar-refractivity contribution in [1.29, 1.82) is 0 Å². The van der Waals surface area contributed by atoms with E-state index in [1.807, 2.05) is 9.58 Å². The van der Waals surface area contributed by atoms with E-state index in [1.165, 1.54) is 27.4 Å². The summed E-state index contributed by atoms with van der Waals surface area (Å²) in [5.41, 5.74) is 7.26. The first kappa shape index (κ1) is 23.5. The van der Waals surface area contributed by atoms with Crippen LogP contribution in [-0.2, 0) is 4.79 Å². The number of ether oxygens (including phenoxy) is 3. The molecular weight excluding hydrogens is 438 g/mol. The van der Waals surface area contributed by atoms with Crippen molar-refractivity contribution in [3.05, 3.63) is 30.4 Å². The second-order valence-corrected chi connectivity index (χ2v) is 8.44. The summed E-state index contributed by atoms with van der Waals surface area (Å²) in [6.45, 7) is 5.65. The third kappa shape index (κ3) is 4.04. The molecule has 1 aromatic carbocycles. The summed E-state index contributed by atoms with van der Waals surface area (Å²) in [4.78, 5) is 26.4. The van der Waals surface area contributed by atoms with Crippen molar-refractivity contribution in [2.75, 3.05) is 46.3 Å². The Kier molecular flexibility index (Phi) is 6.67. The molecule has 0 unspecified atom stereocenters. The van der Waals surface area contributed by atoms with Crippen LogP contribution >= 0.6 is 0 Å². The molecule has 4 rings (SSSR count). The predicted molar refractivity (Wildman–Crippen MR) is 127 cm³/mol. The van der Waals surface area contributed by atoms with E-state index in [0.717, 1.165) is 19.3 Å². The predicted octanol–water partition coefficient (Wildman–Crippen LogP) is 2.46. The molecule has 10 nitrogen and oxygen atoms in total. The quantitative estimate of drug-likeness (QED) is 0.598. The van der Waals surface area contributed by atoms with Crippen LogP contribution in [0.4, 0.5) is 5.82 Å². The van der Waals surface area contributed by atoms with E-state index < -0.39 is 5.91 Å². The molecule has 182 valence electrons. The number of hydrogen-bond acceptors (Lipinski definition) is 7. The zero-order valence-electron chi connectivity index (χ0n) is 19.8. The van der Waals surface area contributed by atoms with E-state index in [1.54, 1.807) is 12.1 Å². The molecule has 1 saturated heterocycles. The number of amides is 2. The molecule has 2 aliphatic rings. The van der Waals surface area contributed by atoms with Gasteiger partial charge in [-0.1, -0.05) is 6.58 Å². The van der Waals surface area contributed by atoms with E-state index in [0.29, 0.717) is 65.4 Å². The second kappa shape index (κ2) is 9.66. The number of methoxy groups -OCH3 is 3. The van der Waals surface area contributed by atoms with Crippen molar-refractivity contribution in [2.45, 2.75) is 25.3 Å². The fourth-order valence-corrected chi connectivity index (χ4v) is 5.03. The number of primary amides is 1. The standard InChI is InChI=1S/C24H31N5O5/c1-5-19(30)28-10-7-14(8-11-28)16-6-9-26-24-20(23(25)31)21(27-29(16)24)15-12-17(32-2)22(34-4)18(13-15)33-3/h5,12-14,16,26H,1,6-11H2,2-4H3,(H2,25,31)/t16-/m0/s1. The Morgan fingerprint density at radius 2 is 1.76 bits per heavy atom. The maximum Gasteiger partial charge on any atom is 0.254 e. The molecule has 0 spiro atoms. The van der Waals surface area contributed by atoms with Crippen LogP contribution in [0, 0.1) is 5.92 Å². The van der Waals surface area contributed by atoms with Crippen LogP contribution in [-0.4, -0.2) is 67.5 Å². The molecule has 2 aliphatic heterocycles. The van der Waals surface area contributed by atoms with Crippen LogP contribution in [0.3, 0.4) is 0 Å². The first-order valence-corrected chi connectivity index (χ1v) is 11.3. The van der Waals surface area contributed by atoms with Crippen molar-refractivity contribution in [2.24, 2.45) is 11.7 Å². The number of nitrogens with zero attached hydrogens (tertiary/aromatic N) is 3. The number of benzene rings is 1. The summed E-state index contributed by atoms with van der Waals surface area (Å²) in [5.74, 6) is 1.72. The third-order valence-electron chi connectivity index (χ3n) is 6.71. The SMILES string of the molecule is C=CC(=O)N1CCC([C@@H]2CCNc3c(C(N)=O)c(-c4cc(OC)c(OC)c(OC)c4)nn32)CC1. The summed E-state index contributed by atoms with van der Waals surface area (Å²) < 4.78 is 18.3. The third-order valence-corrected chi connectivity index (χ3v) is 6.71. The highest BCUT2D eigenvalue weighted by atomic mass is 16.5. The molecule has 1 atom stereocenters. The molecule has 10 heteroatoms. The lowest BCUT2D eigenvalue weighted by Crippen LogP contribution is -2.41. The maximum atomic E-state index is 12.6. The van der Waals surface area contributed by atoms with Gasteiger partial charge in [-0.05, 0) is 43.4 Å². The molecule has 1 fully saturated rings. The van der Waals surface area contributed by atoms with Crippen LogP contribution in [0.2, 0.25) is 0 Å². The van der Waals surface area contributed by atoms with E-state index in [2.05, 4.69) is 11.9 Å². The number of piperidine rings is 1. The minimum Gasteiger partial charge on any atom is -0.493 e. The van der Waals surface area contributed by atoms with Gasteiger partial charge in [-0.15, -0.1) is 0 Å². The van der Waals surface area contributed by atoms with Gasteiger partial charge in [0.25, 0.3) is 5.91 Å². The molecule has 0 saturated carbocycles. The number of nitrogens with one attached hydrogen (secondary N) is 1. The van der Waals surface area contributed by atoms with Crippen molar-refractivity contribution < 1.29 is 23.8 Å². The van der Waals surface area contributed by atoms with Gasteiger partial charge >= 0.3 is 0 Å². The number of fused-ring (bicyclic) bond motifs is 1. The van der Waals surface area contributed by atoms with Crippen molar-refractivity contribution in [3.63, 3.8) is 0 Å². The van der Waals surface area contributed by atoms with Gasteiger partial charge in [0.2, 0.25) is 11.7 Å². The Morgan fingerprint density at radius 1 is 1.12 bits per heavy atom. The molecule has 3 N–H and O–H groups in total. The first-order chi connectivity index (χ1) is 16.4. The summed E-state index contributed by atoms with van der Waals surface area (Å²) in [5, 5.41) is 8.20. The van der Waals surface area contributed by atoms with Gasteiger partial charge in [-0.25, -0.2) is 4.68 Å². The van der Waals surface area contributed by atoms with Gasteiger partial charge in [0, 0.05) is 25.2 Å². The molecule has 0 bridgehead atoms. The monoisotopic (exact) mass is 469 g/mol. The summed E-state index contributed by atoms with van der Waals surface area (Å²) >= 11 is 0. The van der Waals surface area contributed by atoms with Gasteiger partial charge in [0.1, 0.15) is 17.1 Å². The van der Waals surface area contributed by atoms with Gasteiger partial charge in [-0.2, -0.15) is 5.10 Å². The highest BCUT2D eigenvalue weighted by Gasteiger charge is 2.36. The van der Waals surface area contributed by atoms with E-state index >= 15 is 0 Å². The van der Waals surface area contributed by atoms with Crippen LogP contribution in [0.1, 0.15) is 35.7 Å². The Morgan fingerprint density at radius 3 is 2.29 bits per heavy atom. The van der Waals surface area contributed by atoms with Crippen LogP contribution < -0.4 is 25.3 Å². The average molecular weight is 470 g/mol. The Balaban J connectivity index is 1.74. The lowest BCUT2D eigenvalue weighted by Gasteiger charge is -2.38.